The van der Waals surface area contributed by atoms with Crippen LogP contribution in [0, 0.1) is 11.8 Å². The molecule has 2 heterocycles. The van der Waals surface area contributed by atoms with Gasteiger partial charge in [0.1, 0.15) is 23.1 Å². The van der Waals surface area contributed by atoms with Crippen LogP contribution < -0.4 is 4.74 Å². The van der Waals surface area contributed by atoms with Crippen molar-refractivity contribution in [2.75, 3.05) is 0 Å². The summed E-state index contributed by atoms with van der Waals surface area (Å²) in [4.78, 5) is 19.7. The third-order valence-corrected chi connectivity index (χ3v) is 16.1. The van der Waals surface area contributed by atoms with Gasteiger partial charge in [0.25, 0.3) is 0 Å². The van der Waals surface area contributed by atoms with Crippen LogP contribution in [0.4, 0.5) is 0 Å². The summed E-state index contributed by atoms with van der Waals surface area (Å²) in [5.41, 5.74) is 8.38. The molecule has 2 aliphatic rings. The van der Waals surface area contributed by atoms with Crippen molar-refractivity contribution in [1.29, 1.82) is 0 Å². The molecule has 0 aliphatic heterocycles. The summed E-state index contributed by atoms with van der Waals surface area (Å²) in [5.74, 6) is 6.55. The second kappa shape index (κ2) is 32.4. The second-order valence-electron chi connectivity index (χ2n) is 22.1. The van der Waals surface area contributed by atoms with Gasteiger partial charge in [-0.05, 0) is 173 Å². The standard InChI is InChI=1S/C64H98N4O/c1-5-9-13-17-19-21-25-27-51-35-41-61(59(43-51)45-53-31-37-57(38-32-53)63-65-47-55(48-66-63)29-23-15-11-7-3)69-62-42-36-52(28-26-22-20-18-14-10-6-2)44-60(62)46-54-33-39-58(40-34-54)64-67-49-56(50-68-64)30-24-16-12-8-4/h35-36,41-44,47-50,53-54,57-58H,5-34,37-40,45-46H2,1-4H3. The van der Waals surface area contributed by atoms with E-state index >= 15 is 0 Å². The summed E-state index contributed by atoms with van der Waals surface area (Å²) in [6.45, 7) is 9.18. The van der Waals surface area contributed by atoms with Crippen LogP contribution in [0.15, 0.2) is 61.2 Å². The van der Waals surface area contributed by atoms with Crippen LogP contribution in [0.2, 0.25) is 0 Å². The number of rotatable bonds is 34. The van der Waals surface area contributed by atoms with Gasteiger partial charge in [-0.1, -0.05) is 168 Å². The molecule has 2 aliphatic carbocycles. The highest BCUT2D eigenvalue weighted by molar-refractivity contribution is 5.45. The van der Waals surface area contributed by atoms with Crippen molar-refractivity contribution in [2.24, 2.45) is 11.8 Å². The van der Waals surface area contributed by atoms with Crippen molar-refractivity contribution in [3.63, 3.8) is 0 Å². The van der Waals surface area contributed by atoms with Gasteiger partial charge in [-0.2, -0.15) is 0 Å². The SMILES string of the molecule is CCCCCCCCCc1ccc(Oc2ccc(CCCCCCCCC)cc2CC2CCC(c3ncc(CCCCCC)cn3)CC2)c(CC2CCC(c3ncc(CCCCCC)cn3)CC2)c1. The molecule has 0 N–H and O–H groups in total. The van der Waals surface area contributed by atoms with E-state index in [1.54, 1.807) is 0 Å². The van der Waals surface area contributed by atoms with Crippen molar-refractivity contribution in [1.82, 2.24) is 19.9 Å². The van der Waals surface area contributed by atoms with Gasteiger partial charge in [0.15, 0.2) is 0 Å². The number of benzene rings is 2. The Morgan fingerprint density at radius 3 is 1.01 bits per heavy atom. The highest BCUT2D eigenvalue weighted by Gasteiger charge is 2.27. The Kier molecular flexibility index (Phi) is 25.7. The highest BCUT2D eigenvalue weighted by Crippen LogP contribution is 2.41. The Hall–Kier alpha value is -3.60. The van der Waals surface area contributed by atoms with E-state index < -0.39 is 0 Å². The first-order valence-corrected chi connectivity index (χ1v) is 29.6. The van der Waals surface area contributed by atoms with Gasteiger partial charge in [0.05, 0.1) is 0 Å². The minimum atomic E-state index is 0.477. The molecule has 2 fully saturated rings. The zero-order chi connectivity index (χ0) is 48.1. The van der Waals surface area contributed by atoms with Crippen molar-refractivity contribution < 1.29 is 4.74 Å². The van der Waals surface area contributed by atoms with Gasteiger partial charge in [0.2, 0.25) is 0 Å². The molecule has 2 saturated carbocycles. The quantitative estimate of drug-likeness (QED) is 0.0437. The number of unbranched alkanes of at least 4 members (excludes halogenated alkanes) is 18. The van der Waals surface area contributed by atoms with Crippen molar-refractivity contribution in [3.8, 4) is 11.5 Å². The number of hydrogen-bond donors (Lipinski definition) is 0. The molecule has 0 bridgehead atoms. The Labute approximate surface area is 423 Å². The van der Waals surface area contributed by atoms with Gasteiger partial charge in [-0.25, -0.2) is 19.9 Å². The molecule has 0 atom stereocenters. The predicted molar refractivity (Wildman–Crippen MR) is 293 cm³/mol. The zero-order valence-electron chi connectivity index (χ0n) is 44.7. The van der Waals surface area contributed by atoms with Gasteiger partial charge < -0.3 is 4.74 Å². The fraction of sp³-hybridized carbons (Fsp3) is 0.688. The second-order valence-corrected chi connectivity index (χ2v) is 22.1. The maximum atomic E-state index is 7.24. The highest BCUT2D eigenvalue weighted by atomic mass is 16.5. The van der Waals surface area contributed by atoms with Crippen molar-refractivity contribution in [2.45, 2.75) is 271 Å². The molecule has 2 aromatic carbocycles. The van der Waals surface area contributed by atoms with E-state index in [-0.39, 0.29) is 0 Å². The van der Waals surface area contributed by atoms with E-state index in [9.17, 15) is 0 Å². The lowest BCUT2D eigenvalue weighted by molar-refractivity contribution is 0.312. The normalized spacial score (nSPS) is 18.4. The van der Waals surface area contributed by atoms with E-state index in [2.05, 4.69) is 88.9 Å². The van der Waals surface area contributed by atoms with Crippen molar-refractivity contribution in [3.05, 3.63) is 106 Å². The molecule has 380 valence electrons. The molecule has 6 rings (SSSR count). The number of aryl methyl sites for hydroxylation is 4. The lowest BCUT2D eigenvalue weighted by atomic mass is 9.78. The van der Waals surface area contributed by atoms with Crippen LogP contribution in [-0.4, -0.2) is 19.9 Å². The molecular formula is C64H98N4O. The van der Waals surface area contributed by atoms with Crippen LogP contribution in [0.5, 0.6) is 11.5 Å². The predicted octanol–water partition coefficient (Wildman–Crippen LogP) is 18.9. The minimum Gasteiger partial charge on any atom is -0.457 e. The van der Waals surface area contributed by atoms with E-state index in [0.29, 0.717) is 23.7 Å². The zero-order valence-corrected chi connectivity index (χ0v) is 44.7. The first-order chi connectivity index (χ1) is 34.0. The summed E-state index contributed by atoms with van der Waals surface area (Å²) in [6.07, 6.45) is 53.9. The van der Waals surface area contributed by atoms with E-state index in [0.717, 1.165) is 61.7 Å². The maximum Gasteiger partial charge on any atom is 0.131 e. The average Bonchev–Trinajstić information content (AvgIpc) is 3.38. The molecule has 0 radical (unpaired) electrons. The summed E-state index contributed by atoms with van der Waals surface area (Å²) >= 11 is 0. The molecule has 5 heteroatoms. The molecule has 0 unspecified atom stereocenters. The third kappa shape index (κ3) is 19.8. The fourth-order valence-electron chi connectivity index (χ4n) is 11.6. The van der Waals surface area contributed by atoms with Crippen LogP contribution in [0.3, 0.4) is 0 Å². The van der Waals surface area contributed by atoms with E-state index in [1.165, 1.54) is 226 Å². The molecule has 5 nitrogen and oxygen atoms in total. The Balaban J connectivity index is 1.13. The fourth-order valence-corrected chi connectivity index (χ4v) is 11.6. The average molecular weight is 940 g/mol. The van der Waals surface area contributed by atoms with Gasteiger partial charge in [0, 0.05) is 36.6 Å². The van der Waals surface area contributed by atoms with Gasteiger partial charge in [-0.3, -0.25) is 0 Å². The molecule has 0 amide bonds. The minimum absolute atomic E-state index is 0.477. The van der Waals surface area contributed by atoms with Gasteiger partial charge >= 0.3 is 0 Å². The number of ether oxygens (including phenoxy) is 1. The number of hydrogen-bond acceptors (Lipinski definition) is 5. The van der Waals surface area contributed by atoms with Crippen molar-refractivity contribution >= 4 is 0 Å². The van der Waals surface area contributed by atoms with Crippen LogP contribution in [0.1, 0.15) is 277 Å². The lowest BCUT2D eigenvalue weighted by Gasteiger charge is -2.29. The van der Waals surface area contributed by atoms with Gasteiger partial charge in [-0.15, -0.1) is 0 Å². The summed E-state index contributed by atoms with van der Waals surface area (Å²) in [7, 11) is 0. The lowest BCUT2D eigenvalue weighted by Crippen LogP contribution is -2.18. The van der Waals surface area contributed by atoms with Crippen LogP contribution >= 0.6 is 0 Å². The van der Waals surface area contributed by atoms with Crippen LogP contribution in [-0.2, 0) is 38.5 Å². The number of aromatic nitrogens is 4. The smallest absolute Gasteiger partial charge is 0.131 e. The van der Waals surface area contributed by atoms with E-state index in [1.807, 2.05) is 0 Å². The molecule has 0 spiro atoms. The molecule has 4 aromatic rings. The molecule has 69 heavy (non-hydrogen) atoms. The first-order valence-electron chi connectivity index (χ1n) is 29.6. The Morgan fingerprint density at radius 1 is 0.362 bits per heavy atom. The Bertz CT molecular complexity index is 1800. The topological polar surface area (TPSA) is 60.8 Å². The summed E-state index contributed by atoms with van der Waals surface area (Å²) < 4.78 is 7.24. The molecular weight excluding hydrogens is 841 g/mol. The monoisotopic (exact) mass is 939 g/mol. The first kappa shape index (κ1) is 54.7. The van der Waals surface area contributed by atoms with E-state index in [4.69, 9.17) is 24.7 Å². The summed E-state index contributed by atoms with van der Waals surface area (Å²) in [5, 5.41) is 0. The molecule has 0 saturated heterocycles. The van der Waals surface area contributed by atoms with Crippen LogP contribution in [0.25, 0.3) is 0 Å². The number of nitrogens with zero attached hydrogens (tertiary/aromatic N) is 4. The third-order valence-electron chi connectivity index (χ3n) is 16.1. The largest absolute Gasteiger partial charge is 0.457 e. The maximum absolute atomic E-state index is 7.24. The molecule has 2 aromatic heterocycles. The Morgan fingerprint density at radius 2 is 0.667 bits per heavy atom. The summed E-state index contributed by atoms with van der Waals surface area (Å²) in [6, 6.07) is 14.5.